The molecule has 0 saturated heterocycles. The van der Waals surface area contributed by atoms with Gasteiger partial charge in [-0.2, -0.15) is 0 Å². The standard InChI is InChI=1S/C14H12Cl2N2O3/c1-21-14-7-12(18(19)20)2-3-13(14)17-8-9-4-10(15)6-11(16)5-9/h2-7,17H,8H2,1H3. The van der Waals surface area contributed by atoms with Crippen LogP contribution in [0.3, 0.4) is 0 Å². The Labute approximate surface area is 131 Å². The number of benzene rings is 2. The highest BCUT2D eigenvalue weighted by Gasteiger charge is 2.11. The van der Waals surface area contributed by atoms with Gasteiger partial charge in [0.2, 0.25) is 0 Å². The second-order valence-corrected chi connectivity index (χ2v) is 5.15. The first-order valence-electron chi connectivity index (χ1n) is 6.01. The van der Waals surface area contributed by atoms with E-state index in [1.807, 2.05) is 0 Å². The number of rotatable bonds is 5. The van der Waals surface area contributed by atoms with Crippen molar-refractivity contribution in [2.75, 3.05) is 12.4 Å². The number of anilines is 1. The van der Waals surface area contributed by atoms with E-state index in [9.17, 15) is 10.1 Å². The summed E-state index contributed by atoms with van der Waals surface area (Å²) in [6.07, 6.45) is 0. The summed E-state index contributed by atoms with van der Waals surface area (Å²) in [4.78, 5) is 10.3. The summed E-state index contributed by atoms with van der Waals surface area (Å²) in [7, 11) is 1.46. The van der Waals surface area contributed by atoms with Gasteiger partial charge in [0.25, 0.3) is 5.69 Å². The van der Waals surface area contributed by atoms with Gasteiger partial charge < -0.3 is 10.1 Å². The Hall–Kier alpha value is -1.98. The van der Waals surface area contributed by atoms with E-state index in [-0.39, 0.29) is 5.69 Å². The average Bonchev–Trinajstić information content (AvgIpc) is 2.43. The van der Waals surface area contributed by atoms with Crippen molar-refractivity contribution >= 4 is 34.6 Å². The molecule has 2 aromatic carbocycles. The van der Waals surface area contributed by atoms with Crippen molar-refractivity contribution in [2.24, 2.45) is 0 Å². The van der Waals surface area contributed by atoms with Gasteiger partial charge in [-0.05, 0) is 29.8 Å². The Morgan fingerprint density at radius 2 is 1.86 bits per heavy atom. The molecule has 0 bridgehead atoms. The van der Waals surface area contributed by atoms with Gasteiger partial charge in [0.05, 0.1) is 23.8 Å². The SMILES string of the molecule is COc1cc([N+](=O)[O-])ccc1NCc1cc(Cl)cc(Cl)c1. The van der Waals surface area contributed by atoms with Crippen LogP contribution in [0.2, 0.25) is 10.0 Å². The van der Waals surface area contributed by atoms with E-state index in [4.69, 9.17) is 27.9 Å². The van der Waals surface area contributed by atoms with Crippen molar-refractivity contribution in [3.63, 3.8) is 0 Å². The molecule has 110 valence electrons. The molecule has 0 atom stereocenters. The van der Waals surface area contributed by atoms with E-state index in [1.54, 1.807) is 24.3 Å². The molecule has 1 N–H and O–H groups in total. The molecule has 0 spiro atoms. The number of ether oxygens (including phenoxy) is 1. The third kappa shape index (κ3) is 4.00. The van der Waals surface area contributed by atoms with Crippen molar-refractivity contribution in [1.82, 2.24) is 0 Å². The van der Waals surface area contributed by atoms with Crippen LogP contribution < -0.4 is 10.1 Å². The van der Waals surface area contributed by atoms with Crippen molar-refractivity contribution in [3.05, 3.63) is 62.1 Å². The molecule has 0 saturated carbocycles. The van der Waals surface area contributed by atoms with E-state index in [0.29, 0.717) is 28.0 Å². The summed E-state index contributed by atoms with van der Waals surface area (Å²) >= 11 is 11.9. The number of hydrogen-bond acceptors (Lipinski definition) is 4. The molecule has 0 aromatic heterocycles. The molecule has 0 radical (unpaired) electrons. The van der Waals surface area contributed by atoms with Crippen LogP contribution in [-0.2, 0) is 6.54 Å². The summed E-state index contributed by atoms with van der Waals surface area (Å²) in [5.74, 6) is 0.400. The van der Waals surface area contributed by atoms with Gasteiger partial charge in [-0.25, -0.2) is 0 Å². The highest BCUT2D eigenvalue weighted by atomic mass is 35.5. The molecule has 0 aliphatic carbocycles. The normalized spacial score (nSPS) is 10.2. The van der Waals surface area contributed by atoms with Crippen LogP contribution >= 0.6 is 23.2 Å². The van der Waals surface area contributed by atoms with Gasteiger partial charge in [-0.15, -0.1) is 0 Å². The lowest BCUT2D eigenvalue weighted by molar-refractivity contribution is -0.384. The molecule has 5 nitrogen and oxygen atoms in total. The van der Waals surface area contributed by atoms with Gasteiger partial charge in [-0.3, -0.25) is 10.1 Å². The number of nitro benzene ring substituents is 1. The number of nitrogens with zero attached hydrogens (tertiary/aromatic N) is 1. The molecule has 2 rings (SSSR count). The molecule has 0 unspecified atom stereocenters. The lowest BCUT2D eigenvalue weighted by Crippen LogP contribution is -2.02. The van der Waals surface area contributed by atoms with Gasteiger partial charge >= 0.3 is 0 Å². The third-order valence-electron chi connectivity index (χ3n) is 2.80. The van der Waals surface area contributed by atoms with Crippen molar-refractivity contribution in [2.45, 2.75) is 6.54 Å². The summed E-state index contributed by atoms with van der Waals surface area (Å²) in [5, 5.41) is 15.0. The first-order valence-corrected chi connectivity index (χ1v) is 6.76. The van der Waals surface area contributed by atoms with Crippen molar-refractivity contribution < 1.29 is 9.66 Å². The predicted octanol–water partition coefficient (Wildman–Crippen LogP) is 4.52. The minimum Gasteiger partial charge on any atom is -0.494 e. The number of methoxy groups -OCH3 is 1. The minimum atomic E-state index is -0.469. The highest BCUT2D eigenvalue weighted by Crippen LogP contribution is 2.29. The third-order valence-corrected chi connectivity index (χ3v) is 3.24. The predicted molar refractivity (Wildman–Crippen MR) is 83.4 cm³/mol. The number of non-ortho nitro benzene ring substituents is 1. The zero-order chi connectivity index (χ0) is 15.4. The number of halogens is 2. The fraction of sp³-hybridized carbons (Fsp3) is 0.143. The van der Waals surface area contributed by atoms with Gasteiger partial charge in [0, 0.05) is 22.7 Å². The summed E-state index contributed by atoms with van der Waals surface area (Å²) in [6, 6.07) is 9.61. The van der Waals surface area contributed by atoms with E-state index < -0.39 is 4.92 Å². The molecule has 0 aliphatic rings. The Bertz CT molecular complexity index is 657. The first-order chi connectivity index (χ1) is 9.99. The zero-order valence-electron chi connectivity index (χ0n) is 11.1. The highest BCUT2D eigenvalue weighted by molar-refractivity contribution is 6.34. The molecular weight excluding hydrogens is 315 g/mol. The Morgan fingerprint density at radius 1 is 1.19 bits per heavy atom. The topological polar surface area (TPSA) is 64.4 Å². The largest absolute Gasteiger partial charge is 0.494 e. The molecule has 0 heterocycles. The van der Waals surface area contributed by atoms with Gasteiger partial charge in [0.15, 0.2) is 0 Å². The minimum absolute atomic E-state index is 0.0248. The van der Waals surface area contributed by atoms with E-state index in [1.165, 1.54) is 19.2 Å². The smallest absolute Gasteiger partial charge is 0.273 e. The van der Waals surface area contributed by atoms with Crippen LogP contribution in [0.5, 0.6) is 5.75 Å². The lowest BCUT2D eigenvalue weighted by atomic mass is 10.2. The molecule has 0 fully saturated rings. The van der Waals surface area contributed by atoms with Crippen LogP contribution in [0.4, 0.5) is 11.4 Å². The number of nitrogens with one attached hydrogen (secondary N) is 1. The summed E-state index contributed by atoms with van der Waals surface area (Å²) < 4.78 is 5.15. The monoisotopic (exact) mass is 326 g/mol. The molecule has 0 aliphatic heterocycles. The maximum atomic E-state index is 10.7. The molecule has 2 aromatic rings. The van der Waals surface area contributed by atoms with Crippen LogP contribution in [-0.4, -0.2) is 12.0 Å². The molecular formula is C14H12Cl2N2O3. The second kappa shape index (κ2) is 6.65. The van der Waals surface area contributed by atoms with E-state index in [2.05, 4.69) is 5.32 Å². The van der Waals surface area contributed by atoms with Crippen LogP contribution in [0, 0.1) is 10.1 Å². The fourth-order valence-electron chi connectivity index (χ4n) is 1.85. The van der Waals surface area contributed by atoms with Crippen molar-refractivity contribution in [1.29, 1.82) is 0 Å². The molecule has 7 heteroatoms. The van der Waals surface area contributed by atoms with E-state index in [0.717, 1.165) is 5.56 Å². The second-order valence-electron chi connectivity index (χ2n) is 4.27. The molecule has 0 amide bonds. The quantitative estimate of drug-likeness (QED) is 0.648. The Balaban J connectivity index is 2.17. The van der Waals surface area contributed by atoms with Crippen LogP contribution in [0.15, 0.2) is 36.4 Å². The Morgan fingerprint density at radius 3 is 2.43 bits per heavy atom. The van der Waals surface area contributed by atoms with Gasteiger partial charge in [-0.1, -0.05) is 23.2 Å². The molecule has 21 heavy (non-hydrogen) atoms. The number of hydrogen-bond donors (Lipinski definition) is 1. The Kier molecular flexibility index (Phi) is 4.88. The first kappa shape index (κ1) is 15.4. The van der Waals surface area contributed by atoms with E-state index >= 15 is 0 Å². The zero-order valence-corrected chi connectivity index (χ0v) is 12.6. The number of nitro groups is 1. The summed E-state index contributed by atoms with van der Waals surface area (Å²) in [6.45, 7) is 0.467. The fourth-order valence-corrected chi connectivity index (χ4v) is 2.42. The lowest BCUT2D eigenvalue weighted by Gasteiger charge is -2.11. The van der Waals surface area contributed by atoms with Crippen molar-refractivity contribution in [3.8, 4) is 5.75 Å². The summed E-state index contributed by atoms with van der Waals surface area (Å²) in [5.41, 5.74) is 1.52. The van der Waals surface area contributed by atoms with Crippen LogP contribution in [0.1, 0.15) is 5.56 Å². The maximum absolute atomic E-state index is 10.7. The van der Waals surface area contributed by atoms with Gasteiger partial charge in [0.1, 0.15) is 5.75 Å². The van der Waals surface area contributed by atoms with Crippen LogP contribution in [0.25, 0.3) is 0 Å². The maximum Gasteiger partial charge on any atom is 0.273 e. The average molecular weight is 327 g/mol.